The Bertz CT molecular complexity index is 451. The van der Waals surface area contributed by atoms with Crippen LogP contribution in [0.4, 0.5) is 4.39 Å². The second kappa shape index (κ2) is 6.70. The quantitative estimate of drug-likeness (QED) is 0.514. The van der Waals surface area contributed by atoms with Gasteiger partial charge in [-0.2, -0.15) is 0 Å². The van der Waals surface area contributed by atoms with Crippen LogP contribution in [-0.2, 0) is 11.4 Å². The van der Waals surface area contributed by atoms with Crippen LogP contribution >= 0.6 is 11.6 Å². The molecule has 0 bridgehead atoms. The smallest absolute Gasteiger partial charge is 0.164 e. The third-order valence-electron chi connectivity index (χ3n) is 2.43. The average molecular weight is 305 g/mol. The molecule has 0 amide bonds. The second-order valence-corrected chi connectivity index (χ2v) is 7.47. The molecule has 0 spiro atoms. The first-order valence-corrected chi connectivity index (χ1v) is 7.38. The molecule has 0 aliphatic carbocycles. The molecular formula is C13H18ClFN2OS. The van der Waals surface area contributed by atoms with Gasteiger partial charge in [0.2, 0.25) is 0 Å². The van der Waals surface area contributed by atoms with E-state index >= 15 is 0 Å². The van der Waals surface area contributed by atoms with Crippen molar-refractivity contribution in [1.29, 1.82) is 0 Å². The number of nitrogens with one attached hydrogen (secondary N) is 1. The molecule has 0 saturated heterocycles. The van der Waals surface area contributed by atoms with Crippen LogP contribution in [0, 0.1) is 5.82 Å². The molecule has 0 radical (unpaired) electrons. The van der Waals surface area contributed by atoms with Crippen LogP contribution in [0.5, 0.6) is 0 Å². The van der Waals surface area contributed by atoms with E-state index in [1.165, 1.54) is 12.3 Å². The van der Waals surface area contributed by atoms with E-state index in [9.17, 15) is 8.94 Å². The van der Waals surface area contributed by atoms with E-state index in [-0.39, 0.29) is 11.2 Å². The Kier molecular flexibility index (Phi) is 5.80. The van der Waals surface area contributed by atoms with Crippen LogP contribution in [0.25, 0.3) is 0 Å². The summed E-state index contributed by atoms with van der Waals surface area (Å²) < 4.78 is 28.1. The molecule has 106 valence electrons. The first-order valence-electron chi connectivity index (χ1n) is 5.85. The Labute approximate surface area is 121 Å². The summed E-state index contributed by atoms with van der Waals surface area (Å²) in [6.45, 7) is 9.24. The number of nitrogens with zero attached hydrogens (tertiary/aromatic N) is 1. The van der Waals surface area contributed by atoms with Crippen LogP contribution in [0.3, 0.4) is 0 Å². The molecule has 1 heterocycles. The minimum absolute atomic E-state index is 0.168. The van der Waals surface area contributed by atoms with E-state index in [1.54, 1.807) is 6.08 Å². The Hall–Kier alpha value is -0.620. The first kappa shape index (κ1) is 16.4. The average Bonchev–Trinajstić information content (AvgIpc) is 2.31. The van der Waals surface area contributed by atoms with Crippen LogP contribution in [0.1, 0.15) is 38.8 Å². The maximum absolute atomic E-state index is 13.4. The fourth-order valence-corrected chi connectivity index (χ4v) is 2.30. The van der Waals surface area contributed by atoms with Crippen LogP contribution < -0.4 is 4.72 Å². The van der Waals surface area contributed by atoms with Crippen molar-refractivity contribution in [3.63, 3.8) is 0 Å². The largest absolute Gasteiger partial charge is 0.598 e. The zero-order chi connectivity index (χ0) is 14.6. The summed E-state index contributed by atoms with van der Waals surface area (Å²) in [7, 11) is 0. The molecule has 1 N–H and O–H groups in total. The van der Waals surface area contributed by atoms with Gasteiger partial charge in [-0.15, -0.1) is 11.3 Å². The zero-order valence-corrected chi connectivity index (χ0v) is 12.8. The first-order chi connectivity index (χ1) is 8.75. The standard InChI is InChI=1S/C13H18ClFN2OS/c1-5-6-11(17-19(18)13(2,3)4)9-7-10(15)12(14)16-8-9/h5,7-8,11,17H,1,6H2,2-4H3. The number of pyridine rings is 1. The fourth-order valence-electron chi connectivity index (χ4n) is 1.35. The predicted molar refractivity (Wildman–Crippen MR) is 77.8 cm³/mol. The summed E-state index contributed by atoms with van der Waals surface area (Å²) in [5.41, 5.74) is 0.597. The molecular weight excluding hydrogens is 287 g/mol. The molecule has 1 aromatic heterocycles. The van der Waals surface area contributed by atoms with Gasteiger partial charge in [0, 0.05) is 17.6 Å². The van der Waals surface area contributed by atoms with Gasteiger partial charge in [0.15, 0.2) is 11.0 Å². The molecule has 0 fully saturated rings. The highest BCUT2D eigenvalue weighted by Crippen LogP contribution is 2.24. The van der Waals surface area contributed by atoms with Gasteiger partial charge < -0.3 is 4.55 Å². The highest BCUT2D eigenvalue weighted by Gasteiger charge is 2.29. The van der Waals surface area contributed by atoms with Crippen LogP contribution in [-0.4, -0.2) is 14.3 Å². The van der Waals surface area contributed by atoms with Gasteiger partial charge in [-0.05, 0) is 38.8 Å². The summed E-state index contributed by atoms with van der Waals surface area (Å²) in [6, 6.07) is 0.993. The third kappa shape index (κ3) is 4.76. The number of hydrogen-bond donors (Lipinski definition) is 1. The second-order valence-electron chi connectivity index (χ2n) is 5.12. The highest BCUT2D eigenvalue weighted by molar-refractivity contribution is 7.90. The molecule has 1 rings (SSSR count). The van der Waals surface area contributed by atoms with Gasteiger partial charge >= 0.3 is 0 Å². The zero-order valence-electron chi connectivity index (χ0n) is 11.2. The molecule has 3 nitrogen and oxygen atoms in total. The van der Waals surface area contributed by atoms with Crippen molar-refractivity contribution in [2.75, 3.05) is 0 Å². The lowest BCUT2D eigenvalue weighted by molar-refractivity contribution is 0.522. The summed E-state index contributed by atoms with van der Waals surface area (Å²) in [5, 5.41) is -0.168. The normalized spacial score (nSPS) is 15.1. The Morgan fingerprint density at radius 2 is 2.26 bits per heavy atom. The number of hydrogen-bond acceptors (Lipinski definition) is 3. The maximum atomic E-state index is 13.4. The predicted octanol–water partition coefficient (Wildman–Crippen LogP) is 3.54. The minimum Gasteiger partial charge on any atom is -0.598 e. The lowest BCUT2D eigenvalue weighted by atomic mass is 10.1. The summed E-state index contributed by atoms with van der Waals surface area (Å²) in [4.78, 5) is 3.77. The van der Waals surface area contributed by atoms with Crippen molar-refractivity contribution in [3.8, 4) is 0 Å². The molecule has 0 aliphatic heterocycles. The van der Waals surface area contributed by atoms with E-state index in [0.29, 0.717) is 12.0 Å². The molecule has 1 aromatic rings. The van der Waals surface area contributed by atoms with Crippen molar-refractivity contribution >= 4 is 23.0 Å². The van der Waals surface area contributed by atoms with Gasteiger partial charge in [0.05, 0.1) is 6.04 Å². The summed E-state index contributed by atoms with van der Waals surface area (Å²) >= 11 is 4.29. The van der Waals surface area contributed by atoms with Gasteiger partial charge in [0.25, 0.3) is 0 Å². The molecule has 2 unspecified atom stereocenters. The van der Waals surface area contributed by atoms with Crippen molar-refractivity contribution in [3.05, 3.63) is 41.5 Å². The van der Waals surface area contributed by atoms with Crippen molar-refractivity contribution < 1.29 is 8.94 Å². The number of aromatic nitrogens is 1. The van der Waals surface area contributed by atoms with E-state index in [4.69, 9.17) is 11.6 Å². The SMILES string of the molecule is C=CCC(N[S+]([O-])C(C)(C)C)c1cnc(Cl)c(F)c1. The van der Waals surface area contributed by atoms with Crippen LogP contribution in [0.15, 0.2) is 24.9 Å². The van der Waals surface area contributed by atoms with Gasteiger partial charge in [-0.1, -0.05) is 17.7 Å². The maximum Gasteiger partial charge on any atom is 0.164 e. The number of rotatable bonds is 5. The fraction of sp³-hybridized carbons (Fsp3) is 0.462. The third-order valence-corrected chi connectivity index (χ3v) is 4.32. The number of halogens is 2. The molecule has 19 heavy (non-hydrogen) atoms. The van der Waals surface area contributed by atoms with E-state index in [2.05, 4.69) is 16.3 Å². The van der Waals surface area contributed by atoms with Gasteiger partial charge in [-0.25, -0.2) is 9.37 Å². The van der Waals surface area contributed by atoms with Crippen molar-refractivity contribution in [2.45, 2.75) is 38.0 Å². The topological polar surface area (TPSA) is 48.0 Å². The lowest BCUT2D eigenvalue weighted by Gasteiger charge is -2.27. The van der Waals surface area contributed by atoms with Crippen LogP contribution in [0.2, 0.25) is 5.15 Å². The van der Waals surface area contributed by atoms with E-state index in [0.717, 1.165) is 0 Å². The lowest BCUT2D eigenvalue weighted by Crippen LogP contribution is -2.41. The van der Waals surface area contributed by atoms with E-state index < -0.39 is 21.9 Å². The van der Waals surface area contributed by atoms with Gasteiger partial charge in [-0.3, -0.25) is 0 Å². The monoisotopic (exact) mass is 304 g/mol. The van der Waals surface area contributed by atoms with Gasteiger partial charge in [0.1, 0.15) is 4.75 Å². The minimum atomic E-state index is -1.26. The molecule has 0 saturated carbocycles. The highest BCUT2D eigenvalue weighted by atomic mass is 35.5. The molecule has 6 heteroatoms. The molecule has 0 aromatic carbocycles. The van der Waals surface area contributed by atoms with E-state index in [1.807, 2.05) is 20.8 Å². The molecule has 2 atom stereocenters. The Balaban J connectivity index is 2.93. The van der Waals surface area contributed by atoms with Crippen molar-refractivity contribution in [1.82, 2.24) is 9.71 Å². The Morgan fingerprint density at radius 3 is 2.74 bits per heavy atom. The summed E-state index contributed by atoms with van der Waals surface area (Å²) in [5.74, 6) is -0.587. The summed E-state index contributed by atoms with van der Waals surface area (Å²) in [6.07, 6.45) is 3.68. The molecule has 0 aliphatic rings. The Morgan fingerprint density at radius 1 is 1.63 bits per heavy atom. The van der Waals surface area contributed by atoms with Crippen molar-refractivity contribution in [2.24, 2.45) is 0 Å².